The van der Waals surface area contributed by atoms with Gasteiger partial charge in [-0.05, 0) is 92.7 Å². The minimum atomic E-state index is 0.610. The van der Waals surface area contributed by atoms with Crippen LogP contribution in [0.2, 0.25) is 0 Å². The minimum Gasteiger partial charge on any atom is -0.334 e. The number of aryl methyl sites for hydroxylation is 4. The molecule has 4 aromatic rings. The topological polar surface area (TPSA) is 48.5 Å². The number of anilines is 3. The molecule has 0 bridgehead atoms. The molecular formula is C31H34N4S2. The fourth-order valence-electron chi connectivity index (χ4n) is 3.45. The maximum absolute atomic E-state index is 5.32. The number of hydrogen-bond acceptors (Lipinski definition) is 3. The zero-order valence-corrected chi connectivity index (χ0v) is 23.6. The number of hydrogen-bond donors (Lipinski definition) is 3. The molecule has 37 heavy (non-hydrogen) atoms. The number of thiocarbonyl (C=S) groups is 1. The Morgan fingerprint density at radius 1 is 0.568 bits per heavy atom. The second-order valence-electron chi connectivity index (χ2n) is 8.56. The molecule has 0 saturated carbocycles. The first-order chi connectivity index (χ1) is 17.9. The average Bonchev–Trinajstić information content (AvgIpc) is 2.89. The number of benzene rings is 4. The van der Waals surface area contributed by atoms with Crippen LogP contribution < -0.4 is 16.0 Å². The first-order valence-corrected chi connectivity index (χ1v) is 13.7. The molecule has 3 N–H and O–H groups in total. The Morgan fingerprint density at radius 3 is 1.35 bits per heavy atom. The zero-order valence-electron chi connectivity index (χ0n) is 22.0. The standard InChI is InChI=1S/C16H18N2S.C15H16N2S/c1-12-8-4-6-10-14(12)17-16(19-3)18-15-11-7-5-9-13(15)2;1-11-7-3-5-9-13(11)16-15(18)17-14-10-6-4-8-12(14)2/h4-11H,1-3H3,(H,17,18);3-10H,1-2H3,(H2,16,17,18). The van der Waals surface area contributed by atoms with Crippen LogP contribution in [0.25, 0.3) is 0 Å². The minimum absolute atomic E-state index is 0.610. The van der Waals surface area contributed by atoms with Crippen molar-refractivity contribution in [2.75, 3.05) is 22.2 Å². The van der Waals surface area contributed by atoms with Crippen LogP contribution in [0.4, 0.5) is 22.7 Å². The summed E-state index contributed by atoms with van der Waals surface area (Å²) < 4.78 is 0. The Bertz CT molecular complexity index is 1320. The molecule has 4 nitrogen and oxygen atoms in total. The van der Waals surface area contributed by atoms with Crippen molar-refractivity contribution >= 4 is 57.0 Å². The molecule has 0 spiro atoms. The maximum Gasteiger partial charge on any atom is 0.175 e. The average molecular weight is 527 g/mol. The van der Waals surface area contributed by atoms with Gasteiger partial charge in [-0.1, -0.05) is 84.6 Å². The molecule has 0 aromatic heterocycles. The van der Waals surface area contributed by atoms with Gasteiger partial charge in [-0.25, -0.2) is 4.99 Å². The van der Waals surface area contributed by atoms with Crippen LogP contribution >= 0.6 is 24.0 Å². The van der Waals surface area contributed by atoms with E-state index in [1.165, 1.54) is 22.3 Å². The third-order valence-electron chi connectivity index (χ3n) is 5.70. The molecule has 4 rings (SSSR count). The number of nitrogens with zero attached hydrogens (tertiary/aromatic N) is 1. The van der Waals surface area contributed by atoms with Gasteiger partial charge in [-0.15, -0.1) is 0 Å². The molecule has 6 heteroatoms. The lowest BCUT2D eigenvalue weighted by atomic mass is 10.2. The lowest BCUT2D eigenvalue weighted by Gasteiger charge is -2.13. The fourth-order valence-corrected chi connectivity index (χ4v) is 4.07. The van der Waals surface area contributed by atoms with Crippen molar-refractivity contribution in [3.63, 3.8) is 0 Å². The van der Waals surface area contributed by atoms with E-state index in [0.717, 1.165) is 27.9 Å². The molecular weight excluding hydrogens is 493 g/mol. The summed E-state index contributed by atoms with van der Waals surface area (Å²) in [5.41, 5.74) is 8.91. The van der Waals surface area contributed by atoms with Gasteiger partial charge in [-0.3, -0.25) is 0 Å². The third-order valence-corrected chi connectivity index (χ3v) is 6.49. The van der Waals surface area contributed by atoms with Crippen LogP contribution in [-0.2, 0) is 0 Å². The normalized spacial score (nSPS) is 10.7. The van der Waals surface area contributed by atoms with E-state index in [2.05, 4.69) is 79.0 Å². The van der Waals surface area contributed by atoms with Gasteiger partial charge in [0.25, 0.3) is 0 Å². The second-order valence-corrected chi connectivity index (χ2v) is 9.76. The van der Waals surface area contributed by atoms with Gasteiger partial charge < -0.3 is 16.0 Å². The summed E-state index contributed by atoms with van der Waals surface area (Å²) in [5.74, 6) is 0. The van der Waals surface area contributed by atoms with E-state index >= 15 is 0 Å². The molecule has 0 unspecified atom stereocenters. The van der Waals surface area contributed by atoms with Crippen molar-refractivity contribution in [1.29, 1.82) is 0 Å². The number of para-hydroxylation sites is 4. The molecule has 0 aliphatic rings. The van der Waals surface area contributed by atoms with Gasteiger partial charge in [0.1, 0.15) is 0 Å². The summed E-state index contributed by atoms with van der Waals surface area (Å²) >= 11 is 6.93. The van der Waals surface area contributed by atoms with E-state index in [9.17, 15) is 0 Å². The summed E-state index contributed by atoms with van der Waals surface area (Å²) in [6.45, 7) is 8.27. The van der Waals surface area contributed by atoms with Crippen LogP contribution in [0.3, 0.4) is 0 Å². The molecule has 0 saturated heterocycles. The molecule has 0 amide bonds. The van der Waals surface area contributed by atoms with Gasteiger partial charge in [0.15, 0.2) is 10.3 Å². The number of rotatable bonds is 4. The molecule has 4 aromatic carbocycles. The molecule has 0 aliphatic carbocycles. The Labute approximate surface area is 230 Å². The van der Waals surface area contributed by atoms with Gasteiger partial charge in [-0.2, -0.15) is 0 Å². The van der Waals surface area contributed by atoms with Crippen LogP contribution in [-0.4, -0.2) is 16.5 Å². The summed E-state index contributed by atoms with van der Waals surface area (Å²) in [7, 11) is 0. The summed E-state index contributed by atoms with van der Waals surface area (Å²) in [5, 5.41) is 11.3. The number of thioether (sulfide) groups is 1. The van der Waals surface area contributed by atoms with Crippen molar-refractivity contribution in [2.24, 2.45) is 4.99 Å². The van der Waals surface area contributed by atoms with E-state index in [4.69, 9.17) is 12.2 Å². The lowest BCUT2D eigenvalue weighted by molar-refractivity contribution is 1.39. The van der Waals surface area contributed by atoms with Crippen LogP contribution in [0.5, 0.6) is 0 Å². The first kappa shape index (κ1) is 28.0. The Hall–Kier alpha value is -3.61. The number of amidine groups is 1. The molecule has 0 aliphatic heterocycles. The maximum atomic E-state index is 5.32. The van der Waals surface area contributed by atoms with Crippen molar-refractivity contribution < 1.29 is 0 Å². The molecule has 190 valence electrons. The van der Waals surface area contributed by atoms with Gasteiger partial charge >= 0.3 is 0 Å². The molecule has 0 heterocycles. The first-order valence-electron chi connectivity index (χ1n) is 12.1. The third kappa shape index (κ3) is 8.77. The van der Waals surface area contributed by atoms with E-state index < -0.39 is 0 Å². The largest absolute Gasteiger partial charge is 0.334 e. The Kier molecular flexibility index (Phi) is 10.7. The molecule has 0 atom stereocenters. The predicted molar refractivity (Wildman–Crippen MR) is 169 cm³/mol. The van der Waals surface area contributed by atoms with Crippen molar-refractivity contribution in [3.05, 3.63) is 119 Å². The van der Waals surface area contributed by atoms with Crippen molar-refractivity contribution in [3.8, 4) is 0 Å². The highest BCUT2D eigenvalue weighted by Gasteiger charge is 2.04. The molecule has 0 radical (unpaired) electrons. The highest BCUT2D eigenvalue weighted by Crippen LogP contribution is 2.21. The highest BCUT2D eigenvalue weighted by atomic mass is 32.2. The van der Waals surface area contributed by atoms with Crippen molar-refractivity contribution in [1.82, 2.24) is 0 Å². The molecule has 0 fully saturated rings. The van der Waals surface area contributed by atoms with Crippen molar-refractivity contribution in [2.45, 2.75) is 27.7 Å². The second kappa shape index (κ2) is 14.2. The highest BCUT2D eigenvalue weighted by molar-refractivity contribution is 8.13. The zero-order chi connectivity index (χ0) is 26.6. The lowest BCUT2D eigenvalue weighted by Crippen LogP contribution is -2.20. The van der Waals surface area contributed by atoms with Gasteiger partial charge in [0, 0.05) is 17.1 Å². The fraction of sp³-hybridized carbons (Fsp3) is 0.161. The van der Waals surface area contributed by atoms with Crippen LogP contribution in [0.1, 0.15) is 22.3 Å². The van der Waals surface area contributed by atoms with E-state index in [1.807, 2.05) is 73.0 Å². The Balaban J connectivity index is 0.000000206. The van der Waals surface area contributed by atoms with E-state index in [0.29, 0.717) is 5.11 Å². The Morgan fingerprint density at radius 2 is 0.946 bits per heavy atom. The predicted octanol–water partition coefficient (Wildman–Crippen LogP) is 8.88. The quantitative estimate of drug-likeness (QED) is 0.141. The van der Waals surface area contributed by atoms with Gasteiger partial charge in [0.2, 0.25) is 0 Å². The SMILES string of the molecule is CS/C(=N\c1ccccc1C)Nc1ccccc1C.Cc1ccccc1NC(=S)Nc1ccccc1C. The number of aliphatic imine (C=N–C) groups is 1. The monoisotopic (exact) mass is 526 g/mol. The van der Waals surface area contributed by atoms with Gasteiger partial charge in [0.05, 0.1) is 5.69 Å². The summed E-state index contributed by atoms with van der Waals surface area (Å²) in [4.78, 5) is 4.68. The summed E-state index contributed by atoms with van der Waals surface area (Å²) in [6.07, 6.45) is 2.03. The number of nitrogens with one attached hydrogen (secondary N) is 3. The van der Waals surface area contributed by atoms with E-state index in [-0.39, 0.29) is 0 Å². The van der Waals surface area contributed by atoms with E-state index in [1.54, 1.807) is 11.8 Å². The van der Waals surface area contributed by atoms with Crippen LogP contribution in [0.15, 0.2) is 102 Å². The summed E-state index contributed by atoms with van der Waals surface area (Å²) in [6, 6.07) is 32.5. The van der Waals surface area contributed by atoms with Crippen LogP contribution in [0, 0.1) is 27.7 Å². The smallest absolute Gasteiger partial charge is 0.175 e.